The molecule has 3 aliphatic heterocycles. The molecule has 3 aromatic carbocycles. The highest BCUT2D eigenvalue weighted by Crippen LogP contribution is 2.34. The first-order valence-corrected chi connectivity index (χ1v) is 15.5. The van der Waals surface area contributed by atoms with Crippen molar-refractivity contribution in [3.05, 3.63) is 72.3 Å². The number of hydrogen-bond donors (Lipinski definition) is 3. The van der Waals surface area contributed by atoms with Gasteiger partial charge in [-0.05, 0) is 42.0 Å². The fourth-order valence-electron chi connectivity index (χ4n) is 6.47. The number of rotatable bonds is 7. The van der Waals surface area contributed by atoms with Crippen molar-refractivity contribution in [3.8, 4) is 22.6 Å². The molecule has 0 spiro atoms. The third-order valence-corrected chi connectivity index (χ3v) is 8.83. The van der Waals surface area contributed by atoms with Crippen LogP contribution in [0.15, 0.2) is 60.9 Å². The number of piperidine rings is 1. The molecule has 3 saturated heterocycles. The van der Waals surface area contributed by atoms with Crippen LogP contribution in [-0.4, -0.2) is 85.3 Å². The fraction of sp³-hybridized carbons (Fsp3) is 0.394. The molecule has 10 heteroatoms. The fourth-order valence-corrected chi connectivity index (χ4v) is 6.47. The quantitative estimate of drug-likeness (QED) is 0.308. The molecule has 0 radical (unpaired) electrons. The van der Waals surface area contributed by atoms with Crippen LogP contribution in [0.2, 0.25) is 0 Å². The van der Waals surface area contributed by atoms with Crippen LogP contribution in [0.4, 0.5) is 10.1 Å². The first kappa shape index (κ1) is 27.7. The number of nitrogens with one attached hydrogen (secondary N) is 1. The van der Waals surface area contributed by atoms with E-state index in [0.29, 0.717) is 37.2 Å². The number of likely N-dealkylation sites (tertiary alicyclic amines) is 1. The average Bonchev–Trinajstić information content (AvgIpc) is 3.73. The number of quaternary nitrogens is 2. The maximum absolute atomic E-state index is 14.5. The number of halogens is 1. The van der Waals surface area contributed by atoms with E-state index in [-0.39, 0.29) is 23.9 Å². The number of fused-ring (bicyclic) bond motifs is 1. The number of anilines is 1. The van der Waals surface area contributed by atoms with E-state index in [1.54, 1.807) is 12.4 Å². The lowest BCUT2D eigenvalue weighted by atomic mass is 9.99. The smallest absolute Gasteiger partial charge is 0.253 e. The topological polar surface area (TPSA) is 104 Å². The van der Waals surface area contributed by atoms with Crippen molar-refractivity contribution in [2.75, 3.05) is 57.3 Å². The average molecular weight is 587 g/mol. The molecule has 3 fully saturated rings. The second kappa shape index (κ2) is 12.2. The summed E-state index contributed by atoms with van der Waals surface area (Å²) in [6.07, 6.45) is 4.17. The molecule has 1 aromatic heterocycles. The highest BCUT2D eigenvalue weighted by Gasteiger charge is 2.27. The van der Waals surface area contributed by atoms with E-state index in [9.17, 15) is 9.18 Å². The van der Waals surface area contributed by atoms with Gasteiger partial charge in [-0.1, -0.05) is 6.07 Å². The molecule has 0 aliphatic carbocycles. The predicted molar refractivity (Wildman–Crippen MR) is 162 cm³/mol. The van der Waals surface area contributed by atoms with Crippen molar-refractivity contribution in [1.29, 1.82) is 0 Å². The van der Waals surface area contributed by atoms with Crippen LogP contribution in [0, 0.1) is 5.82 Å². The van der Waals surface area contributed by atoms with Crippen LogP contribution in [0.1, 0.15) is 29.6 Å². The molecule has 0 saturated carbocycles. The minimum Gasteiger partial charge on any atom is -0.490 e. The summed E-state index contributed by atoms with van der Waals surface area (Å²) in [5.74, 6) is 1.07. The normalized spacial score (nSPS) is 19.6. The molecule has 43 heavy (non-hydrogen) atoms. The Hall–Kier alpha value is -4.15. The summed E-state index contributed by atoms with van der Waals surface area (Å²) in [7, 11) is 0. The largest absolute Gasteiger partial charge is 0.490 e. The molecule has 7 rings (SSSR count). The highest BCUT2D eigenvalue weighted by atomic mass is 19.1. The Labute approximate surface area is 250 Å². The number of aromatic nitrogens is 2. The minimum absolute atomic E-state index is 0.00184. The van der Waals surface area contributed by atoms with Gasteiger partial charge < -0.3 is 34.9 Å². The number of imidazole rings is 1. The van der Waals surface area contributed by atoms with Crippen LogP contribution < -0.4 is 25.0 Å². The number of carbonyl (C=O) groups excluding carboxylic acids is 1. The third-order valence-electron chi connectivity index (χ3n) is 8.83. The zero-order valence-electron chi connectivity index (χ0n) is 24.3. The lowest BCUT2D eigenvalue weighted by molar-refractivity contribution is -0.655. The van der Waals surface area contributed by atoms with Gasteiger partial charge in [-0.25, -0.2) is 9.37 Å². The summed E-state index contributed by atoms with van der Waals surface area (Å²) < 4.78 is 27.1. The summed E-state index contributed by atoms with van der Waals surface area (Å²) in [6, 6.07) is 16.9. The summed E-state index contributed by atoms with van der Waals surface area (Å²) in [6.45, 7) is 6.98. The zero-order valence-corrected chi connectivity index (χ0v) is 24.3. The molecule has 4 aromatic rings. The van der Waals surface area contributed by atoms with Crippen LogP contribution >= 0.6 is 0 Å². The van der Waals surface area contributed by atoms with Gasteiger partial charge in [0.15, 0.2) is 6.10 Å². The van der Waals surface area contributed by atoms with E-state index < -0.39 is 0 Å². The SMILES string of the molecule is O=C(c1ccc(O[C@H]2CC[NH2+]C2)c(-c2ccc3nc[nH]c3c2)c1)N1CCC(Oc2cc(F)cc(N3CC[NH2+]CC3)c2)CC1. The van der Waals surface area contributed by atoms with Gasteiger partial charge in [-0.15, -0.1) is 0 Å². The lowest BCUT2D eigenvalue weighted by Gasteiger charge is -2.33. The number of H-pyrrole nitrogens is 1. The maximum atomic E-state index is 14.5. The van der Waals surface area contributed by atoms with Crippen molar-refractivity contribution in [2.24, 2.45) is 0 Å². The van der Waals surface area contributed by atoms with Crippen LogP contribution in [-0.2, 0) is 0 Å². The molecule has 3 aliphatic rings. The van der Waals surface area contributed by atoms with Gasteiger partial charge in [0.25, 0.3) is 5.91 Å². The second-order valence-electron chi connectivity index (χ2n) is 11.8. The van der Waals surface area contributed by atoms with Gasteiger partial charge >= 0.3 is 0 Å². The number of benzene rings is 3. The van der Waals surface area contributed by atoms with E-state index >= 15 is 0 Å². The van der Waals surface area contributed by atoms with E-state index in [0.717, 1.165) is 79.3 Å². The summed E-state index contributed by atoms with van der Waals surface area (Å²) in [5.41, 5.74) is 5.23. The molecule has 224 valence electrons. The second-order valence-corrected chi connectivity index (χ2v) is 11.8. The Kier molecular flexibility index (Phi) is 7.86. The van der Waals surface area contributed by atoms with Gasteiger partial charge in [0.1, 0.15) is 30.0 Å². The molecule has 1 atom stereocenters. The molecule has 1 amide bonds. The molecular formula is C33H39FN6O3+2. The Morgan fingerprint density at radius 3 is 2.56 bits per heavy atom. The zero-order chi connectivity index (χ0) is 29.2. The van der Waals surface area contributed by atoms with E-state index in [1.165, 1.54) is 6.07 Å². The number of ether oxygens (including phenoxy) is 2. The number of aromatic amines is 1. The van der Waals surface area contributed by atoms with Crippen LogP contribution in [0.3, 0.4) is 0 Å². The van der Waals surface area contributed by atoms with E-state index in [1.807, 2.05) is 41.3 Å². The Balaban J connectivity index is 1.05. The maximum Gasteiger partial charge on any atom is 0.253 e. The van der Waals surface area contributed by atoms with E-state index in [2.05, 4.69) is 31.6 Å². The first-order valence-electron chi connectivity index (χ1n) is 15.5. The molecule has 9 nitrogen and oxygen atoms in total. The number of nitrogens with two attached hydrogens (primary N) is 2. The van der Waals surface area contributed by atoms with Gasteiger partial charge in [0.05, 0.1) is 50.1 Å². The summed E-state index contributed by atoms with van der Waals surface area (Å²) >= 11 is 0. The Bertz CT molecular complexity index is 1590. The summed E-state index contributed by atoms with van der Waals surface area (Å²) in [4.78, 5) is 25.3. The predicted octanol–water partition coefficient (Wildman–Crippen LogP) is 2.15. The van der Waals surface area contributed by atoms with Crippen molar-refractivity contribution in [3.63, 3.8) is 0 Å². The van der Waals surface area contributed by atoms with Crippen molar-refractivity contribution < 1.29 is 29.3 Å². The summed E-state index contributed by atoms with van der Waals surface area (Å²) in [5, 5.41) is 4.55. The molecular weight excluding hydrogens is 547 g/mol. The number of nitrogens with zero attached hydrogens (tertiary/aromatic N) is 3. The number of piperazine rings is 1. The number of amides is 1. The van der Waals surface area contributed by atoms with Gasteiger partial charge in [0, 0.05) is 61.3 Å². The monoisotopic (exact) mass is 586 g/mol. The van der Waals surface area contributed by atoms with Crippen LogP contribution in [0.25, 0.3) is 22.2 Å². The first-order chi connectivity index (χ1) is 21.1. The molecule has 5 N–H and O–H groups in total. The molecule has 4 heterocycles. The number of carbonyl (C=O) groups is 1. The standard InChI is InChI=1S/C33H37FN6O3/c34-24-17-25(39-13-9-35-10-14-39)19-28(18-24)42-26-6-11-40(12-7-26)33(41)23-2-4-32(43-27-5-8-36-20-27)29(15-23)22-1-3-30-31(16-22)38-21-37-30/h1-4,15-19,21,26-27,35-36H,5-14,20H2,(H,37,38)/p+2/t27-/m0/s1. The third kappa shape index (κ3) is 6.16. The van der Waals surface area contributed by atoms with Crippen molar-refractivity contribution in [2.45, 2.75) is 31.5 Å². The lowest BCUT2D eigenvalue weighted by Crippen LogP contribution is -2.89. The number of hydrogen-bond acceptors (Lipinski definition) is 5. The molecule has 0 bridgehead atoms. The van der Waals surface area contributed by atoms with Crippen molar-refractivity contribution >= 4 is 22.6 Å². The molecule has 0 unspecified atom stereocenters. The highest BCUT2D eigenvalue weighted by molar-refractivity contribution is 5.96. The Morgan fingerprint density at radius 2 is 1.74 bits per heavy atom. The van der Waals surface area contributed by atoms with Gasteiger partial charge in [-0.3, -0.25) is 4.79 Å². The van der Waals surface area contributed by atoms with Crippen molar-refractivity contribution in [1.82, 2.24) is 14.9 Å². The van der Waals surface area contributed by atoms with Gasteiger partial charge in [0.2, 0.25) is 0 Å². The van der Waals surface area contributed by atoms with Gasteiger partial charge in [-0.2, -0.15) is 0 Å². The van der Waals surface area contributed by atoms with E-state index in [4.69, 9.17) is 9.47 Å². The minimum atomic E-state index is -0.282. The van der Waals surface area contributed by atoms with Crippen LogP contribution in [0.5, 0.6) is 11.5 Å². The Morgan fingerprint density at radius 1 is 0.884 bits per heavy atom.